The van der Waals surface area contributed by atoms with Crippen LogP contribution in [0.4, 0.5) is 0 Å². The maximum Gasteiger partial charge on any atom is 0.223 e. The number of carbonyl (C=O) groups is 1. The number of amides is 1. The van der Waals surface area contributed by atoms with Crippen LogP contribution < -0.4 is 5.32 Å². The van der Waals surface area contributed by atoms with Crippen LogP contribution in [-0.2, 0) is 14.8 Å². The zero-order valence-corrected chi connectivity index (χ0v) is 16.1. The van der Waals surface area contributed by atoms with Crippen LogP contribution in [-0.4, -0.2) is 69.1 Å². The molecule has 2 heterocycles. The standard InChI is InChI=1S/C17H33N3O3S/c1-14-11-15(2)13-19(12-14)8-4-7-18-17(21)16-5-9-20(10-6-16)24(3,22)23/h14-16H,4-13H2,1-3H3,(H,18,21)/t14-,15-/m0/s1. The summed E-state index contributed by atoms with van der Waals surface area (Å²) < 4.78 is 24.4. The van der Waals surface area contributed by atoms with E-state index < -0.39 is 10.0 Å². The quantitative estimate of drug-likeness (QED) is 0.722. The zero-order chi connectivity index (χ0) is 17.7. The second-order valence-corrected chi connectivity index (χ2v) is 9.77. The highest BCUT2D eigenvalue weighted by Crippen LogP contribution is 2.21. The lowest BCUT2D eigenvalue weighted by molar-refractivity contribution is -0.126. The summed E-state index contributed by atoms with van der Waals surface area (Å²) >= 11 is 0. The molecule has 2 fully saturated rings. The lowest BCUT2D eigenvalue weighted by atomic mass is 9.92. The third-order valence-corrected chi connectivity index (χ3v) is 6.49. The molecule has 0 bridgehead atoms. The van der Waals surface area contributed by atoms with Gasteiger partial charge in [0.2, 0.25) is 15.9 Å². The van der Waals surface area contributed by atoms with Gasteiger partial charge in [-0.25, -0.2) is 12.7 Å². The lowest BCUT2D eigenvalue weighted by Gasteiger charge is -2.35. The second-order valence-electron chi connectivity index (χ2n) is 7.79. The number of hydrogen-bond acceptors (Lipinski definition) is 4. The molecule has 0 unspecified atom stereocenters. The molecule has 0 aromatic carbocycles. The molecular formula is C17H33N3O3S. The van der Waals surface area contributed by atoms with Crippen molar-refractivity contribution in [1.29, 1.82) is 0 Å². The first-order valence-corrected chi connectivity index (χ1v) is 11.1. The van der Waals surface area contributed by atoms with Gasteiger partial charge in [-0.05, 0) is 44.1 Å². The Bertz CT molecular complexity index is 505. The Hall–Kier alpha value is -0.660. The SMILES string of the molecule is C[C@H]1C[C@H](C)CN(CCCNC(=O)C2CCN(S(C)(=O)=O)CC2)C1. The highest BCUT2D eigenvalue weighted by molar-refractivity contribution is 7.88. The normalized spacial score (nSPS) is 28.0. The van der Waals surface area contributed by atoms with Crippen LogP contribution in [0.5, 0.6) is 0 Å². The Balaban J connectivity index is 1.62. The van der Waals surface area contributed by atoms with Crippen molar-refractivity contribution in [2.24, 2.45) is 17.8 Å². The molecule has 24 heavy (non-hydrogen) atoms. The first kappa shape index (κ1) is 19.7. The van der Waals surface area contributed by atoms with Crippen molar-refractivity contribution >= 4 is 15.9 Å². The molecule has 2 aliphatic heterocycles. The molecule has 1 N–H and O–H groups in total. The zero-order valence-electron chi connectivity index (χ0n) is 15.3. The van der Waals surface area contributed by atoms with Gasteiger partial charge < -0.3 is 10.2 Å². The molecule has 7 heteroatoms. The second kappa shape index (κ2) is 8.63. The Labute approximate surface area is 147 Å². The largest absolute Gasteiger partial charge is 0.356 e. The van der Waals surface area contributed by atoms with Crippen molar-refractivity contribution in [3.8, 4) is 0 Å². The summed E-state index contributed by atoms with van der Waals surface area (Å²) in [5, 5.41) is 3.03. The molecular weight excluding hydrogens is 326 g/mol. The molecule has 2 atom stereocenters. The van der Waals surface area contributed by atoms with E-state index in [1.165, 1.54) is 30.1 Å². The van der Waals surface area contributed by atoms with Gasteiger partial charge in [0, 0.05) is 38.6 Å². The van der Waals surface area contributed by atoms with Crippen LogP contribution >= 0.6 is 0 Å². The third kappa shape index (κ3) is 6.01. The van der Waals surface area contributed by atoms with Gasteiger partial charge in [-0.1, -0.05) is 13.8 Å². The van der Waals surface area contributed by atoms with E-state index in [-0.39, 0.29) is 11.8 Å². The maximum atomic E-state index is 12.2. The summed E-state index contributed by atoms with van der Waals surface area (Å²) in [5.74, 6) is 1.58. The molecule has 0 radical (unpaired) electrons. The predicted octanol–water partition coefficient (Wildman–Crippen LogP) is 1.14. The third-order valence-electron chi connectivity index (χ3n) is 5.19. The van der Waals surface area contributed by atoms with Gasteiger partial charge in [0.1, 0.15) is 0 Å². The van der Waals surface area contributed by atoms with Gasteiger partial charge >= 0.3 is 0 Å². The number of nitrogens with one attached hydrogen (secondary N) is 1. The van der Waals surface area contributed by atoms with Crippen LogP contribution in [0.1, 0.15) is 39.5 Å². The Morgan fingerprint density at radius 2 is 1.71 bits per heavy atom. The molecule has 0 aliphatic carbocycles. The number of likely N-dealkylation sites (tertiary alicyclic amines) is 1. The van der Waals surface area contributed by atoms with Crippen molar-refractivity contribution in [2.75, 3.05) is 45.5 Å². The molecule has 1 amide bonds. The van der Waals surface area contributed by atoms with Crippen molar-refractivity contribution in [1.82, 2.24) is 14.5 Å². The van der Waals surface area contributed by atoms with Gasteiger partial charge in [-0.3, -0.25) is 4.79 Å². The van der Waals surface area contributed by atoms with E-state index in [1.807, 2.05) is 0 Å². The van der Waals surface area contributed by atoms with Crippen LogP contribution in [0.25, 0.3) is 0 Å². The van der Waals surface area contributed by atoms with E-state index in [1.54, 1.807) is 0 Å². The van der Waals surface area contributed by atoms with Crippen molar-refractivity contribution < 1.29 is 13.2 Å². The van der Waals surface area contributed by atoms with Crippen molar-refractivity contribution in [3.63, 3.8) is 0 Å². The van der Waals surface area contributed by atoms with Gasteiger partial charge in [0.15, 0.2) is 0 Å². The first-order chi connectivity index (χ1) is 11.3. The fourth-order valence-electron chi connectivity index (χ4n) is 4.08. The summed E-state index contributed by atoms with van der Waals surface area (Å²) in [5.41, 5.74) is 0. The summed E-state index contributed by atoms with van der Waals surface area (Å²) in [6.45, 7) is 9.64. The minimum absolute atomic E-state index is 0.0435. The first-order valence-electron chi connectivity index (χ1n) is 9.21. The predicted molar refractivity (Wildman–Crippen MR) is 96.2 cm³/mol. The number of rotatable bonds is 6. The van der Waals surface area contributed by atoms with Gasteiger partial charge in [-0.2, -0.15) is 0 Å². The summed E-state index contributed by atoms with van der Waals surface area (Å²) in [7, 11) is -3.12. The van der Waals surface area contributed by atoms with Gasteiger partial charge in [0.25, 0.3) is 0 Å². The minimum Gasteiger partial charge on any atom is -0.356 e. The van der Waals surface area contributed by atoms with Crippen molar-refractivity contribution in [2.45, 2.75) is 39.5 Å². The molecule has 0 saturated carbocycles. The smallest absolute Gasteiger partial charge is 0.223 e. The molecule has 140 valence electrons. The van der Waals surface area contributed by atoms with Crippen LogP contribution in [0.2, 0.25) is 0 Å². The summed E-state index contributed by atoms with van der Waals surface area (Å²) in [4.78, 5) is 14.7. The van der Waals surface area contributed by atoms with Crippen LogP contribution in [0.3, 0.4) is 0 Å². The molecule has 0 aromatic rings. The average Bonchev–Trinajstić information content (AvgIpc) is 2.50. The molecule has 2 rings (SSSR count). The fourth-order valence-corrected chi connectivity index (χ4v) is 4.96. The number of piperidine rings is 2. The molecule has 2 aliphatic rings. The topological polar surface area (TPSA) is 69.7 Å². The number of nitrogens with zero attached hydrogens (tertiary/aromatic N) is 2. The molecule has 6 nitrogen and oxygen atoms in total. The van der Waals surface area contributed by atoms with E-state index in [9.17, 15) is 13.2 Å². The lowest BCUT2D eigenvalue weighted by Crippen LogP contribution is -2.43. The van der Waals surface area contributed by atoms with E-state index in [0.717, 1.165) is 24.8 Å². The average molecular weight is 360 g/mol. The molecule has 0 aromatic heterocycles. The highest BCUT2D eigenvalue weighted by Gasteiger charge is 2.28. The highest BCUT2D eigenvalue weighted by atomic mass is 32.2. The maximum absolute atomic E-state index is 12.2. The number of hydrogen-bond donors (Lipinski definition) is 1. The van der Waals surface area contributed by atoms with E-state index in [4.69, 9.17) is 0 Å². The van der Waals surface area contributed by atoms with E-state index in [2.05, 4.69) is 24.1 Å². The van der Waals surface area contributed by atoms with Gasteiger partial charge in [-0.15, -0.1) is 0 Å². The minimum atomic E-state index is -3.12. The monoisotopic (exact) mass is 359 g/mol. The number of carbonyl (C=O) groups excluding carboxylic acids is 1. The molecule has 0 spiro atoms. The Morgan fingerprint density at radius 1 is 1.12 bits per heavy atom. The fraction of sp³-hybridized carbons (Fsp3) is 0.941. The Kier molecular flexibility index (Phi) is 7.07. The van der Waals surface area contributed by atoms with Gasteiger partial charge in [0.05, 0.1) is 6.26 Å². The Morgan fingerprint density at radius 3 is 2.25 bits per heavy atom. The summed E-state index contributed by atoms with van der Waals surface area (Å²) in [6.07, 6.45) is 4.78. The summed E-state index contributed by atoms with van der Waals surface area (Å²) in [6, 6.07) is 0. The number of sulfonamides is 1. The van der Waals surface area contributed by atoms with Crippen LogP contribution in [0, 0.1) is 17.8 Å². The van der Waals surface area contributed by atoms with Crippen molar-refractivity contribution in [3.05, 3.63) is 0 Å². The van der Waals surface area contributed by atoms with E-state index in [0.29, 0.717) is 32.5 Å². The van der Waals surface area contributed by atoms with Crippen LogP contribution in [0.15, 0.2) is 0 Å². The van der Waals surface area contributed by atoms with E-state index >= 15 is 0 Å². The molecule has 2 saturated heterocycles.